The quantitative estimate of drug-likeness (QED) is 0.875. The fourth-order valence-electron chi connectivity index (χ4n) is 3.02. The highest BCUT2D eigenvalue weighted by molar-refractivity contribution is 5.79. The predicted molar refractivity (Wildman–Crippen MR) is 94.6 cm³/mol. The minimum atomic E-state index is -0.178. The number of benzene rings is 1. The molecule has 1 N–H and O–H groups in total. The lowest BCUT2D eigenvalue weighted by atomic mass is 9.96. The summed E-state index contributed by atoms with van der Waals surface area (Å²) >= 11 is 0. The van der Waals surface area contributed by atoms with Crippen molar-refractivity contribution in [3.8, 4) is 11.5 Å². The molecule has 0 spiro atoms. The van der Waals surface area contributed by atoms with E-state index in [1.807, 2.05) is 30.7 Å². The second-order valence-electron chi connectivity index (χ2n) is 6.83. The molecular formula is C19H25N3O3. The molecule has 0 saturated carbocycles. The van der Waals surface area contributed by atoms with Crippen molar-refractivity contribution in [2.45, 2.75) is 33.4 Å². The van der Waals surface area contributed by atoms with Crippen molar-refractivity contribution < 1.29 is 14.3 Å². The molecule has 3 rings (SSSR count). The predicted octanol–water partition coefficient (Wildman–Crippen LogP) is 2.42. The Hall–Kier alpha value is -2.50. The van der Waals surface area contributed by atoms with Gasteiger partial charge in [0.25, 0.3) is 0 Å². The van der Waals surface area contributed by atoms with Gasteiger partial charge in [-0.15, -0.1) is 0 Å². The number of aromatic nitrogens is 2. The van der Waals surface area contributed by atoms with Gasteiger partial charge in [-0.05, 0) is 24.0 Å². The molecule has 1 aromatic carbocycles. The second-order valence-corrected chi connectivity index (χ2v) is 6.83. The van der Waals surface area contributed by atoms with E-state index in [9.17, 15) is 4.79 Å². The van der Waals surface area contributed by atoms with Crippen LogP contribution in [0.15, 0.2) is 30.7 Å². The van der Waals surface area contributed by atoms with Gasteiger partial charge in [0.2, 0.25) is 5.91 Å². The van der Waals surface area contributed by atoms with Crippen LogP contribution in [-0.2, 0) is 24.3 Å². The van der Waals surface area contributed by atoms with Crippen molar-refractivity contribution >= 4 is 5.91 Å². The molecule has 0 saturated heterocycles. The Morgan fingerprint density at radius 3 is 3.08 bits per heavy atom. The van der Waals surface area contributed by atoms with Crippen molar-refractivity contribution in [3.63, 3.8) is 0 Å². The van der Waals surface area contributed by atoms with Crippen LogP contribution in [0.4, 0.5) is 0 Å². The highest BCUT2D eigenvalue weighted by atomic mass is 16.5. The lowest BCUT2D eigenvalue weighted by Gasteiger charge is -2.25. The number of methoxy groups -OCH3 is 1. The van der Waals surface area contributed by atoms with E-state index >= 15 is 0 Å². The molecule has 6 heteroatoms. The van der Waals surface area contributed by atoms with Gasteiger partial charge in [-0.3, -0.25) is 4.79 Å². The first-order valence-corrected chi connectivity index (χ1v) is 8.63. The molecule has 134 valence electrons. The fraction of sp³-hybridized carbons (Fsp3) is 0.474. The standard InChI is InChI=1S/C19H25N3O3/c1-13(2)10-22-12-20-8-16(22)9-21-19(23)15-6-14-4-5-17(24-3)7-18(14)25-11-15/h4-5,7-8,12-13,15H,6,9-11H2,1-3H3,(H,21,23)/t15-/m1/s1. The number of rotatable bonds is 6. The Kier molecular flexibility index (Phi) is 5.26. The average molecular weight is 343 g/mol. The number of nitrogens with one attached hydrogen (secondary N) is 1. The fourth-order valence-corrected chi connectivity index (χ4v) is 3.02. The molecule has 25 heavy (non-hydrogen) atoms. The second kappa shape index (κ2) is 7.59. The van der Waals surface area contributed by atoms with Gasteiger partial charge in [-0.25, -0.2) is 4.98 Å². The first-order valence-electron chi connectivity index (χ1n) is 8.63. The summed E-state index contributed by atoms with van der Waals surface area (Å²) in [6, 6.07) is 5.73. The van der Waals surface area contributed by atoms with E-state index in [-0.39, 0.29) is 11.8 Å². The molecule has 1 atom stereocenters. The summed E-state index contributed by atoms with van der Waals surface area (Å²) in [5, 5.41) is 3.02. The number of ether oxygens (including phenoxy) is 2. The zero-order valence-corrected chi connectivity index (χ0v) is 15.0. The average Bonchev–Trinajstić information content (AvgIpc) is 3.05. The monoisotopic (exact) mass is 343 g/mol. The van der Waals surface area contributed by atoms with Gasteiger partial charge in [0.05, 0.1) is 31.6 Å². The normalized spacial score (nSPS) is 16.2. The van der Waals surface area contributed by atoms with Crippen molar-refractivity contribution in [1.82, 2.24) is 14.9 Å². The third kappa shape index (κ3) is 4.13. The maximum Gasteiger partial charge on any atom is 0.227 e. The van der Waals surface area contributed by atoms with Gasteiger partial charge in [0.1, 0.15) is 18.1 Å². The van der Waals surface area contributed by atoms with E-state index in [0.29, 0.717) is 25.5 Å². The first-order chi connectivity index (χ1) is 12.1. The molecule has 0 aliphatic carbocycles. The Bertz CT molecular complexity index is 739. The SMILES string of the molecule is COc1ccc2c(c1)OC[C@H](C(=O)NCc1cncn1CC(C)C)C2. The number of hydrogen-bond donors (Lipinski definition) is 1. The van der Waals surface area contributed by atoms with Crippen molar-refractivity contribution in [3.05, 3.63) is 42.0 Å². The molecule has 6 nitrogen and oxygen atoms in total. The van der Waals surface area contributed by atoms with Crippen LogP contribution in [0.5, 0.6) is 11.5 Å². The summed E-state index contributed by atoms with van der Waals surface area (Å²) in [4.78, 5) is 16.7. The molecule has 0 unspecified atom stereocenters. The molecule has 0 radical (unpaired) electrons. The maximum absolute atomic E-state index is 12.5. The number of carbonyl (C=O) groups is 1. The Morgan fingerprint density at radius 1 is 1.48 bits per heavy atom. The van der Waals surface area contributed by atoms with Crippen molar-refractivity contribution in [2.75, 3.05) is 13.7 Å². The van der Waals surface area contributed by atoms with Gasteiger partial charge in [-0.2, -0.15) is 0 Å². The van der Waals surface area contributed by atoms with E-state index < -0.39 is 0 Å². The molecule has 0 fully saturated rings. The van der Waals surface area contributed by atoms with Crippen LogP contribution in [0.2, 0.25) is 0 Å². The lowest BCUT2D eigenvalue weighted by molar-refractivity contribution is -0.126. The highest BCUT2D eigenvalue weighted by Crippen LogP contribution is 2.31. The van der Waals surface area contributed by atoms with E-state index in [1.54, 1.807) is 7.11 Å². The van der Waals surface area contributed by atoms with Crippen molar-refractivity contribution in [1.29, 1.82) is 0 Å². The maximum atomic E-state index is 12.5. The summed E-state index contributed by atoms with van der Waals surface area (Å²) in [7, 11) is 1.63. The minimum Gasteiger partial charge on any atom is -0.497 e. The van der Waals surface area contributed by atoms with E-state index in [4.69, 9.17) is 9.47 Å². The third-order valence-electron chi connectivity index (χ3n) is 4.36. The molecule has 1 amide bonds. The summed E-state index contributed by atoms with van der Waals surface area (Å²) in [6.45, 7) is 6.09. The number of hydrogen-bond acceptors (Lipinski definition) is 4. The van der Waals surface area contributed by atoms with Gasteiger partial charge >= 0.3 is 0 Å². The van der Waals surface area contributed by atoms with Crippen LogP contribution in [0.25, 0.3) is 0 Å². The number of nitrogens with zero attached hydrogens (tertiary/aromatic N) is 2. The first kappa shape index (κ1) is 17.3. The van der Waals surface area contributed by atoms with Crippen LogP contribution in [-0.4, -0.2) is 29.2 Å². The largest absolute Gasteiger partial charge is 0.497 e. The molecule has 1 aliphatic rings. The number of carbonyl (C=O) groups excluding carboxylic acids is 1. The Labute approximate surface area is 148 Å². The van der Waals surface area contributed by atoms with Gasteiger partial charge < -0.3 is 19.4 Å². The summed E-state index contributed by atoms with van der Waals surface area (Å²) in [5.41, 5.74) is 2.06. The third-order valence-corrected chi connectivity index (χ3v) is 4.36. The molecular weight excluding hydrogens is 318 g/mol. The minimum absolute atomic E-state index is 0.0127. The van der Waals surface area contributed by atoms with Crippen molar-refractivity contribution in [2.24, 2.45) is 11.8 Å². The van der Waals surface area contributed by atoms with Crippen LogP contribution < -0.4 is 14.8 Å². The zero-order chi connectivity index (χ0) is 17.8. The van der Waals surface area contributed by atoms with E-state index in [1.165, 1.54) is 0 Å². The van der Waals surface area contributed by atoms with Gasteiger partial charge in [0, 0.05) is 18.8 Å². The summed E-state index contributed by atoms with van der Waals surface area (Å²) < 4.78 is 13.0. The van der Waals surface area contributed by atoms with Crippen LogP contribution in [0.1, 0.15) is 25.1 Å². The van der Waals surface area contributed by atoms with Crippen LogP contribution >= 0.6 is 0 Å². The van der Waals surface area contributed by atoms with Gasteiger partial charge in [-0.1, -0.05) is 19.9 Å². The lowest BCUT2D eigenvalue weighted by Crippen LogP contribution is -2.37. The molecule has 2 heterocycles. The van der Waals surface area contributed by atoms with E-state index in [2.05, 4.69) is 28.7 Å². The molecule has 2 aromatic rings. The molecule has 1 aromatic heterocycles. The topological polar surface area (TPSA) is 65.4 Å². The number of imidazole rings is 1. The van der Waals surface area contributed by atoms with Crippen LogP contribution in [0, 0.1) is 11.8 Å². The molecule has 1 aliphatic heterocycles. The highest BCUT2D eigenvalue weighted by Gasteiger charge is 2.26. The van der Waals surface area contributed by atoms with Gasteiger partial charge in [0.15, 0.2) is 0 Å². The number of fused-ring (bicyclic) bond motifs is 1. The summed E-state index contributed by atoms with van der Waals surface area (Å²) in [6.07, 6.45) is 4.30. The smallest absolute Gasteiger partial charge is 0.227 e. The Morgan fingerprint density at radius 2 is 2.32 bits per heavy atom. The summed E-state index contributed by atoms with van der Waals surface area (Å²) in [5.74, 6) is 1.93. The Balaban J connectivity index is 1.58. The zero-order valence-electron chi connectivity index (χ0n) is 15.0. The van der Waals surface area contributed by atoms with E-state index in [0.717, 1.165) is 29.3 Å². The molecule has 0 bridgehead atoms. The van der Waals surface area contributed by atoms with Crippen LogP contribution in [0.3, 0.4) is 0 Å². The number of amides is 1.